The molecule has 1 N–H and O–H groups in total. The predicted molar refractivity (Wildman–Crippen MR) is 83.4 cm³/mol. The summed E-state index contributed by atoms with van der Waals surface area (Å²) in [5.74, 6) is 1.90. The van der Waals surface area contributed by atoms with E-state index in [2.05, 4.69) is 44.8 Å². The lowest BCUT2D eigenvalue weighted by Crippen LogP contribution is -2.60. The van der Waals surface area contributed by atoms with Gasteiger partial charge in [-0.2, -0.15) is 0 Å². The van der Waals surface area contributed by atoms with Crippen molar-refractivity contribution >= 4 is 0 Å². The third-order valence-electron chi connectivity index (χ3n) is 5.56. The second-order valence-corrected chi connectivity index (χ2v) is 8.01. The first-order chi connectivity index (χ1) is 8.91. The Labute approximate surface area is 120 Å². The summed E-state index contributed by atoms with van der Waals surface area (Å²) < 4.78 is 0. The molecule has 4 unspecified atom stereocenters. The molecule has 0 aromatic carbocycles. The maximum atomic E-state index is 3.78. The van der Waals surface area contributed by atoms with E-state index in [-0.39, 0.29) is 0 Å². The van der Waals surface area contributed by atoms with Crippen LogP contribution in [0.4, 0.5) is 0 Å². The molecule has 1 heterocycles. The Hall–Kier alpha value is -0.0800. The first-order valence-electron chi connectivity index (χ1n) is 8.39. The van der Waals surface area contributed by atoms with Crippen LogP contribution >= 0.6 is 0 Å². The van der Waals surface area contributed by atoms with Gasteiger partial charge in [0, 0.05) is 31.7 Å². The number of rotatable bonds is 3. The van der Waals surface area contributed by atoms with Crippen molar-refractivity contribution in [2.24, 2.45) is 17.3 Å². The van der Waals surface area contributed by atoms with E-state index in [9.17, 15) is 0 Å². The van der Waals surface area contributed by atoms with Gasteiger partial charge >= 0.3 is 0 Å². The fraction of sp³-hybridized carbons (Fsp3) is 1.00. The molecule has 0 bridgehead atoms. The third-order valence-corrected chi connectivity index (χ3v) is 5.56. The predicted octanol–water partition coefficient (Wildman–Crippen LogP) is 3.52. The van der Waals surface area contributed by atoms with Gasteiger partial charge in [0.1, 0.15) is 0 Å². The molecule has 1 saturated heterocycles. The molecular weight excluding hydrogens is 232 g/mol. The number of nitrogens with one attached hydrogen (secondary N) is 1. The van der Waals surface area contributed by atoms with Crippen LogP contribution in [0.2, 0.25) is 0 Å². The van der Waals surface area contributed by atoms with Crippen molar-refractivity contribution in [3.05, 3.63) is 0 Å². The standard InChI is InChI=1S/C17H34N2/c1-6-15-10-18-16(17(3,4)5)12-19(15)11-14-9-7-8-13(14)2/h13-16,18H,6-12H2,1-5H3. The van der Waals surface area contributed by atoms with Crippen LogP contribution in [0.25, 0.3) is 0 Å². The van der Waals surface area contributed by atoms with Crippen molar-refractivity contribution in [2.75, 3.05) is 19.6 Å². The highest BCUT2D eigenvalue weighted by Gasteiger charge is 2.35. The number of hydrogen-bond acceptors (Lipinski definition) is 2. The lowest BCUT2D eigenvalue weighted by molar-refractivity contribution is 0.0652. The van der Waals surface area contributed by atoms with Gasteiger partial charge in [-0.3, -0.25) is 4.90 Å². The third kappa shape index (κ3) is 3.72. The minimum Gasteiger partial charge on any atom is -0.311 e. The Bertz CT molecular complexity index is 279. The van der Waals surface area contributed by atoms with E-state index in [0.717, 1.165) is 17.9 Å². The first-order valence-corrected chi connectivity index (χ1v) is 8.39. The summed E-state index contributed by atoms with van der Waals surface area (Å²) in [6, 6.07) is 1.40. The van der Waals surface area contributed by atoms with Crippen molar-refractivity contribution in [1.29, 1.82) is 0 Å². The summed E-state index contributed by atoms with van der Waals surface area (Å²) in [7, 11) is 0. The van der Waals surface area contributed by atoms with Crippen LogP contribution in [0.1, 0.15) is 60.3 Å². The van der Waals surface area contributed by atoms with Gasteiger partial charge in [0.2, 0.25) is 0 Å². The van der Waals surface area contributed by atoms with E-state index in [1.165, 1.54) is 45.3 Å². The van der Waals surface area contributed by atoms with Gasteiger partial charge in [0.15, 0.2) is 0 Å². The van der Waals surface area contributed by atoms with E-state index in [4.69, 9.17) is 0 Å². The number of nitrogens with zero attached hydrogens (tertiary/aromatic N) is 1. The lowest BCUT2D eigenvalue weighted by Gasteiger charge is -2.46. The molecule has 2 fully saturated rings. The second kappa shape index (κ2) is 6.13. The van der Waals surface area contributed by atoms with Crippen LogP contribution in [0.3, 0.4) is 0 Å². The Balaban J connectivity index is 1.97. The Morgan fingerprint density at radius 2 is 1.95 bits per heavy atom. The van der Waals surface area contributed by atoms with Crippen LogP contribution in [-0.2, 0) is 0 Å². The molecule has 1 aliphatic carbocycles. The molecule has 0 amide bonds. The summed E-state index contributed by atoms with van der Waals surface area (Å²) in [5, 5.41) is 3.78. The van der Waals surface area contributed by atoms with Crippen molar-refractivity contribution in [2.45, 2.75) is 72.4 Å². The average molecular weight is 266 g/mol. The lowest BCUT2D eigenvalue weighted by atomic mass is 9.84. The van der Waals surface area contributed by atoms with Gasteiger partial charge in [0.25, 0.3) is 0 Å². The molecular formula is C17H34N2. The minimum atomic E-state index is 0.373. The van der Waals surface area contributed by atoms with Crippen LogP contribution < -0.4 is 5.32 Å². The quantitative estimate of drug-likeness (QED) is 0.841. The molecule has 2 nitrogen and oxygen atoms in total. The summed E-state index contributed by atoms with van der Waals surface area (Å²) in [6.45, 7) is 15.7. The van der Waals surface area contributed by atoms with Gasteiger partial charge in [-0.25, -0.2) is 0 Å². The molecule has 1 saturated carbocycles. The topological polar surface area (TPSA) is 15.3 Å². The molecule has 1 aliphatic heterocycles. The zero-order valence-electron chi connectivity index (χ0n) is 13.7. The zero-order valence-corrected chi connectivity index (χ0v) is 13.7. The van der Waals surface area contributed by atoms with E-state index in [1.807, 2.05) is 0 Å². The van der Waals surface area contributed by atoms with E-state index in [1.54, 1.807) is 0 Å². The summed E-state index contributed by atoms with van der Waals surface area (Å²) in [5.41, 5.74) is 0.373. The van der Waals surface area contributed by atoms with Gasteiger partial charge in [-0.05, 0) is 30.1 Å². The largest absolute Gasteiger partial charge is 0.311 e. The molecule has 2 aliphatic rings. The van der Waals surface area contributed by atoms with Crippen molar-refractivity contribution in [3.8, 4) is 0 Å². The summed E-state index contributed by atoms with van der Waals surface area (Å²) >= 11 is 0. The van der Waals surface area contributed by atoms with Crippen molar-refractivity contribution < 1.29 is 0 Å². The van der Waals surface area contributed by atoms with Gasteiger partial charge < -0.3 is 5.32 Å². The monoisotopic (exact) mass is 266 g/mol. The van der Waals surface area contributed by atoms with E-state index in [0.29, 0.717) is 11.5 Å². The van der Waals surface area contributed by atoms with Gasteiger partial charge in [0.05, 0.1) is 0 Å². The highest BCUT2D eigenvalue weighted by atomic mass is 15.2. The molecule has 4 atom stereocenters. The fourth-order valence-corrected chi connectivity index (χ4v) is 3.86. The molecule has 2 rings (SSSR count). The SMILES string of the molecule is CCC1CNC(C(C)(C)C)CN1CC1CCCC1C. The molecule has 0 aromatic heterocycles. The van der Waals surface area contributed by atoms with Gasteiger partial charge in [-0.1, -0.05) is 47.5 Å². The van der Waals surface area contributed by atoms with Crippen LogP contribution in [0, 0.1) is 17.3 Å². The molecule has 0 aromatic rings. The average Bonchev–Trinajstić information content (AvgIpc) is 2.74. The maximum absolute atomic E-state index is 3.78. The van der Waals surface area contributed by atoms with Crippen molar-refractivity contribution in [3.63, 3.8) is 0 Å². The fourth-order valence-electron chi connectivity index (χ4n) is 3.86. The first kappa shape index (κ1) is 15.3. The van der Waals surface area contributed by atoms with Crippen LogP contribution in [0.15, 0.2) is 0 Å². The smallest absolute Gasteiger partial charge is 0.0244 e. The van der Waals surface area contributed by atoms with Crippen LogP contribution in [0.5, 0.6) is 0 Å². The van der Waals surface area contributed by atoms with Crippen LogP contribution in [-0.4, -0.2) is 36.6 Å². The molecule has 112 valence electrons. The van der Waals surface area contributed by atoms with E-state index < -0.39 is 0 Å². The van der Waals surface area contributed by atoms with Crippen molar-refractivity contribution in [1.82, 2.24) is 10.2 Å². The normalized spacial score (nSPS) is 37.7. The molecule has 2 heteroatoms. The number of hydrogen-bond donors (Lipinski definition) is 1. The molecule has 0 radical (unpaired) electrons. The molecule has 19 heavy (non-hydrogen) atoms. The van der Waals surface area contributed by atoms with Gasteiger partial charge in [-0.15, -0.1) is 0 Å². The highest BCUT2D eigenvalue weighted by molar-refractivity contribution is 4.93. The maximum Gasteiger partial charge on any atom is 0.0244 e. The Kier molecular flexibility index (Phi) is 4.94. The Morgan fingerprint density at radius 1 is 1.21 bits per heavy atom. The zero-order chi connectivity index (χ0) is 14.0. The molecule has 0 spiro atoms. The highest BCUT2D eigenvalue weighted by Crippen LogP contribution is 2.33. The minimum absolute atomic E-state index is 0.373. The summed E-state index contributed by atoms with van der Waals surface area (Å²) in [4.78, 5) is 2.80. The summed E-state index contributed by atoms with van der Waals surface area (Å²) in [6.07, 6.45) is 5.65. The number of piperazine rings is 1. The second-order valence-electron chi connectivity index (χ2n) is 8.01. The Morgan fingerprint density at radius 3 is 2.47 bits per heavy atom. The van der Waals surface area contributed by atoms with E-state index >= 15 is 0 Å².